The third-order valence-corrected chi connectivity index (χ3v) is 3.44. The first kappa shape index (κ1) is 17.5. The molecule has 0 N–H and O–H groups in total. The van der Waals surface area contributed by atoms with Crippen molar-refractivity contribution in [2.24, 2.45) is 5.92 Å². The average molecular weight is 294 g/mol. The number of unbranched alkanes of at least 4 members (excludes halogenated alkanes) is 3. The normalized spacial score (nSPS) is 17.9. The summed E-state index contributed by atoms with van der Waals surface area (Å²) in [6.07, 6.45) is 13.8. The molecule has 0 aromatic rings. The van der Waals surface area contributed by atoms with E-state index in [2.05, 4.69) is 19.1 Å². The van der Waals surface area contributed by atoms with Crippen LogP contribution in [0, 0.1) is 5.92 Å². The maximum Gasteiger partial charge on any atom is 0.331 e. The van der Waals surface area contributed by atoms with Crippen LogP contribution in [-0.4, -0.2) is 25.2 Å². The Labute approximate surface area is 127 Å². The molecule has 0 saturated carbocycles. The summed E-state index contributed by atoms with van der Waals surface area (Å²) in [6.45, 7) is 2.95. The largest absolute Gasteiger partial charge is 0.463 e. The average Bonchev–Trinajstić information content (AvgIpc) is 2.51. The van der Waals surface area contributed by atoms with Gasteiger partial charge in [-0.15, -0.1) is 0 Å². The Morgan fingerprint density at radius 3 is 2.52 bits per heavy atom. The van der Waals surface area contributed by atoms with Gasteiger partial charge in [0.2, 0.25) is 0 Å². The van der Waals surface area contributed by atoms with Crippen LogP contribution in [0.3, 0.4) is 0 Å². The van der Waals surface area contributed by atoms with Crippen LogP contribution in [-0.2, 0) is 19.1 Å². The molecule has 0 radical (unpaired) electrons. The molecule has 0 aromatic heterocycles. The van der Waals surface area contributed by atoms with Crippen LogP contribution >= 0.6 is 0 Å². The van der Waals surface area contributed by atoms with Gasteiger partial charge in [0.25, 0.3) is 0 Å². The second kappa shape index (κ2) is 11.1. The molecule has 1 atom stereocenters. The fraction of sp³-hybridized carbons (Fsp3) is 0.647. The Hall–Kier alpha value is -1.58. The number of ether oxygens (including phenoxy) is 2. The zero-order valence-electron chi connectivity index (χ0n) is 12.9. The molecule has 4 nitrogen and oxygen atoms in total. The van der Waals surface area contributed by atoms with Crippen LogP contribution in [0.4, 0.5) is 0 Å². The van der Waals surface area contributed by atoms with Crippen LogP contribution < -0.4 is 0 Å². The predicted molar refractivity (Wildman–Crippen MR) is 81.7 cm³/mol. The molecule has 1 aliphatic carbocycles. The first-order valence-electron chi connectivity index (χ1n) is 7.89. The van der Waals surface area contributed by atoms with Gasteiger partial charge in [-0.05, 0) is 31.6 Å². The van der Waals surface area contributed by atoms with E-state index in [1.807, 2.05) is 0 Å². The van der Waals surface area contributed by atoms with Gasteiger partial charge in [0, 0.05) is 12.2 Å². The molecular formula is C17H26O4. The van der Waals surface area contributed by atoms with E-state index in [-0.39, 0.29) is 0 Å². The second-order valence-electron chi connectivity index (χ2n) is 5.34. The van der Waals surface area contributed by atoms with Gasteiger partial charge >= 0.3 is 11.9 Å². The lowest BCUT2D eigenvalue weighted by Gasteiger charge is -2.16. The highest BCUT2D eigenvalue weighted by molar-refractivity contribution is 5.91. The van der Waals surface area contributed by atoms with Crippen LogP contribution in [0.1, 0.15) is 51.9 Å². The van der Waals surface area contributed by atoms with Crippen molar-refractivity contribution >= 4 is 11.9 Å². The van der Waals surface area contributed by atoms with E-state index in [0.717, 1.165) is 57.1 Å². The maximum absolute atomic E-state index is 11.5. The van der Waals surface area contributed by atoms with Gasteiger partial charge in [-0.25, -0.2) is 9.59 Å². The highest BCUT2D eigenvalue weighted by Crippen LogP contribution is 2.18. The number of esters is 2. The van der Waals surface area contributed by atoms with Gasteiger partial charge in [0.05, 0.1) is 13.2 Å². The molecule has 1 aliphatic rings. The van der Waals surface area contributed by atoms with Crippen molar-refractivity contribution in [1.82, 2.24) is 0 Å². The molecule has 0 heterocycles. The SMILES string of the molecule is CCCCCCOC(=O)/C=C/C(=O)OCC1CC=CCC1. The van der Waals surface area contributed by atoms with Gasteiger partial charge < -0.3 is 9.47 Å². The smallest absolute Gasteiger partial charge is 0.331 e. The molecule has 118 valence electrons. The molecule has 0 spiro atoms. The van der Waals surface area contributed by atoms with Gasteiger partial charge in [-0.3, -0.25) is 0 Å². The minimum Gasteiger partial charge on any atom is -0.463 e. The van der Waals surface area contributed by atoms with Gasteiger partial charge in [-0.2, -0.15) is 0 Å². The lowest BCUT2D eigenvalue weighted by Crippen LogP contribution is -2.14. The highest BCUT2D eigenvalue weighted by Gasteiger charge is 2.11. The molecule has 0 aromatic carbocycles. The highest BCUT2D eigenvalue weighted by atomic mass is 16.5. The van der Waals surface area contributed by atoms with Crippen LogP contribution in [0.25, 0.3) is 0 Å². The molecular weight excluding hydrogens is 268 g/mol. The fourth-order valence-electron chi connectivity index (χ4n) is 2.14. The lowest BCUT2D eigenvalue weighted by molar-refractivity contribution is -0.141. The summed E-state index contributed by atoms with van der Waals surface area (Å²) in [4.78, 5) is 22.8. The summed E-state index contributed by atoms with van der Waals surface area (Å²) in [5.41, 5.74) is 0. The van der Waals surface area contributed by atoms with Crippen molar-refractivity contribution < 1.29 is 19.1 Å². The summed E-state index contributed by atoms with van der Waals surface area (Å²) in [6, 6.07) is 0. The Morgan fingerprint density at radius 1 is 1.10 bits per heavy atom. The Morgan fingerprint density at radius 2 is 1.86 bits per heavy atom. The monoisotopic (exact) mass is 294 g/mol. The summed E-state index contributed by atoms with van der Waals surface area (Å²) >= 11 is 0. The molecule has 1 rings (SSSR count). The second-order valence-corrected chi connectivity index (χ2v) is 5.34. The van der Waals surface area contributed by atoms with Crippen LogP contribution in [0.2, 0.25) is 0 Å². The quantitative estimate of drug-likeness (QED) is 0.282. The predicted octanol–water partition coefficient (Wildman–Crippen LogP) is 3.57. The molecule has 21 heavy (non-hydrogen) atoms. The van der Waals surface area contributed by atoms with Crippen molar-refractivity contribution in [3.8, 4) is 0 Å². The zero-order chi connectivity index (χ0) is 15.3. The number of carbonyl (C=O) groups excluding carboxylic acids is 2. The molecule has 0 amide bonds. The van der Waals surface area contributed by atoms with E-state index in [1.54, 1.807) is 0 Å². The Bertz CT molecular complexity index is 371. The third-order valence-electron chi connectivity index (χ3n) is 3.44. The molecule has 4 heteroatoms. The Kier molecular flexibility index (Phi) is 9.25. The van der Waals surface area contributed by atoms with Crippen molar-refractivity contribution in [2.45, 2.75) is 51.9 Å². The minimum atomic E-state index is -0.482. The van der Waals surface area contributed by atoms with Crippen LogP contribution in [0.5, 0.6) is 0 Å². The molecule has 0 fully saturated rings. The van der Waals surface area contributed by atoms with E-state index in [4.69, 9.17) is 9.47 Å². The maximum atomic E-state index is 11.5. The van der Waals surface area contributed by atoms with Gasteiger partial charge in [0.15, 0.2) is 0 Å². The van der Waals surface area contributed by atoms with Crippen molar-refractivity contribution in [2.75, 3.05) is 13.2 Å². The Balaban J connectivity index is 2.08. The minimum absolute atomic E-state index is 0.401. The molecule has 0 saturated heterocycles. The summed E-state index contributed by atoms with van der Waals surface area (Å²) in [5.74, 6) is -0.561. The summed E-state index contributed by atoms with van der Waals surface area (Å²) in [7, 11) is 0. The van der Waals surface area contributed by atoms with Crippen LogP contribution in [0.15, 0.2) is 24.3 Å². The number of carbonyl (C=O) groups is 2. The van der Waals surface area contributed by atoms with E-state index in [0.29, 0.717) is 19.1 Å². The molecule has 0 bridgehead atoms. The summed E-state index contributed by atoms with van der Waals surface area (Å²) in [5, 5.41) is 0. The van der Waals surface area contributed by atoms with Crippen molar-refractivity contribution in [3.05, 3.63) is 24.3 Å². The first-order valence-corrected chi connectivity index (χ1v) is 7.89. The topological polar surface area (TPSA) is 52.6 Å². The molecule has 0 aliphatic heterocycles. The standard InChI is InChI=1S/C17H26O4/c1-2-3-4-8-13-20-16(18)11-12-17(19)21-14-15-9-6-5-7-10-15/h5-6,11-12,15H,2-4,7-10,13-14H2,1H3/b12-11+. The first-order chi connectivity index (χ1) is 10.2. The third kappa shape index (κ3) is 9.05. The van der Waals surface area contributed by atoms with Gasteiger partial charge in [-0.1, -0.05) is 38.3 Å². The van der Waals surface area contributed by atoms with Crippen molar-refractivity contribution in [3.63, 3.8) is 0 Å². The van der Waals surface area contributed by atoms with E-state index in [1.165, 1.54) is 0 Å². The zero-order valence-corrected chi connectivity index (χ0v) is 12.9. The van der Waals surface area contributed by atoms with E-state index >= 15 is 0 Å². The molecule has 1 unspecified atom stereocenters. The number of allylic oxidation sites excluding steroid dienone is 2. The van der Waals surface area contributed by atoms with E-state index in [9.17, 15) is 9.59 Å². The number of hydrogen-bond acceptors (Lipinski definition) is 4. The van der Waals surface area contributed by atoms with Gasteiger partial charge in [0.1, 0.15) is 0 Å². The lowest BCUT2D eigenvalue weighted by atomic mass is 9.95. The number of rotatable bonds is 9. The summed E-state index contributed by atoms with van der Waals surface area (Å²) < 4.78 is 10.1. The fourth-order valence-corrected chi connectivity index (χ4v) is 2.14. The van der Waals surface area contributed by atoms with E-state index < -0.39 is 11.9 Å². The van der Waals surface area contributed by atoms with Crippen molar-refractivity contribution in [1.29, 1.82) is 0 Å². The number of hydrogen-bond donors (Lipinski definition) is 0.